The van der Waals surface area contributed by atoms with Gasteiger partial charge in [0.1, 0.15) is 12.0 Å². The van der Waals surface area contributed by atoms with E-state index in [0.717, 1.165) is 11.1 Å². The van der Waals surface area contributed by atoms with E-state index < -0.39 is 11.9 Å². The van der Waals surface area contributed by atoms with Gasteiger partial charge in [-0.3, -0.25) is 4.79 Å². The van der Waals surface area contributed by atoms with Crippen molar-refractivity contribution in [3.05, 3.63) is 84.1 Å². The van der Waals surface area contributed by atoms with Gasteiger partial charge in [0.05, 0.1) is 12.1 Å². The number of benzene rings is 2. The van der Waals surface area contributed by atoms with E-state index >= 15 is 0 Å². The number of aliphatic carboxylic acids is 1. The van der Waals surface area contributed by atoms with Crippen LogP contribution in [-0.2, 0) is 11.4 Å². The summed E-state index contributed by atoms with van der Waals surface area (Å²) < 4.78 is 15.8. The maximum absolute atomic E-state index is 11.2. The van der Waals surface area contributed by atoms with Gasteiger partial charge in [-0.15, -0.1) is 0 Å². The molecule has 0 unspecified atom stereocenters. The van der Waals surface area contributed by atoms with Crippen molar-refractivity contribution in [2.24, 2.45) is 0 Å². The smallest absolute Gasteiger partial charge is 0.304 e. The molecule has 4 aromatic rings. The largest absolute Gasteiger partial charge is 0.484 e. The fourth-order valence-electron chi connectivity index (χ4n) is 2.93. The van der Waals surface area contributed by atoms with E-state index in [0.29, 0.717) is 23.2 Å². The number of nitrogens with zero attached hydrogens (tertiary/aromatic N) is 3. The van der Waals surface area contributed by atoms with Gasteiger partial charge in [0.25, 0.3) is 5.89 Å². The van der Waals surface area contributed by atoms with Crippen LogP contribution in [0.2, 0.25) is 0 Å². The molecule has 2 heterocycles. The standard InChI is InChI=1S/C21H17N3O5/c25-20(26)12-17(18-10-11-28-23-18)14-6-8-16(9-7-14)27-13-19-22-21(24-29-19)15-4-2-1-3-5-15/h1-11,17H,12-13H2,(H,25,26)/t17-/m0/s1. The summed E-state index contributed by atoms with van der Waals surface area (Å²) in [7, 11) is 0. The molecular formula is C21H17N3O5. The lowest BCUT2D eigenvalue weighted by molar-refractivity contribution is -0.137. The van der Waals surface area contributed by atoms with Crippen molar-refractivity contribution in [1.29, 1.82) is 0 Å². The molecular weight excluding hydrogens is 374 g/mol. The Morgan fingerprint density at radius 3 is 2.52 bits per heavy atom. The molecule has 1 N–H and O–H groups in total. The molecule has 0 bridgehead atoms. The van der Waals surface area contributed by atoms with E-state index in [4.69, 9.17) is 13.8 Å². The zero-order chi connectivity index (χ0) is 20.1. The van der Waals surface area contributed by atoms with Crippen LogP contribution in [0.15, 0.2) is 76.0 Å². The zero-order valence-corrected chi connectivity index (χ0v) is 15.3. The molecule has 8 heteroatoms. The van der Waals surface area contributed by atoms with Crippen LogP contribution in [0.3, 0.4) is 0 Å². The van der Waals surface area contributed by atoms with Gasteiger partial charge in [0.2, 0.25) is 5.82 Å². The molecule has 29 heavy (non-hydrogen) atoms. The zero-order valence-electron chi connectivity index (χ0n) is 15.3. The summed E-state index contributed by atoms with van der Waals surface area (Å²) in [5, 5.41) is 17.0. The Bertz CT molecular complexity index is 1060. The number of carbonyl (C=O) groups is 1. The second-order valence-electron chi connectivity index (χ2n) is 6.31. The van der Waals surface area contributed by atoms with Crippen LogP contribution in [0.4, 0.5) is 0 Å². The first-order valence-electron chi connectivity index (χ1n) is 8.92. The summed E-state index contributed by atoms with van der Waals surface area (Å²) in [4.78, 5) is 15.5. The first-order chi connectivity index (χ1) is 14.2. The minimum atomic E-state index is -0.913. The SMILES string of the molecule is O=C(O)C[C@@H](c1ccc(OCc2nc(-c3ccccc3)no2)cc1)c1ccon1. The molecule has 4 rings (SSSR count). The average Bonchev–Trinajstić information content (AvgIpc) is 3.44. The Labute approximate surface area is 165 Å². The van der Waals surface area contributed by atoms with Crippen LogP contribution in [-0.4, -0.2) is 26.4 Å². The Hall–Kier alpha value is -3.94. The van der Waals surface area contributed by atoms with Crippen molar-refractivity contribution in [1.82, 2.24) is 15.3 Å². The van der Waals surface area contributed by atoms with Gasteiger partial charge in [0.15, 0.2) is 6.61 Å². The van der Waals surface area contributed by atoms with Gasteiger partial charge in [0, 0.05) is 17.5 Å². The molecule has 0 saturated heterocycles. The van der Waals surface area contributed by atoms with Crippen molar-refractivity contribution in [3.63, 3.8) is 0 Å². The number of aromatic nitrogens is 3. The van der Waals surface area contributed by atoms with E-state index in [2.05, 4.69) is 15.3 Å². The third-order valence-electron chi connectivity index (χ3n) is 4.34. The minimum absolute atomic E-state index is 0.0863. The number of hydrogen-bond donors (Lipinski definition) is 1. The van der Waals surface area contributed by atoms with Crippen molar-refractivity contribution < 1.29 is 23.7 Å². The molecule has 0 aliphatic heterocycles. The first-order valence-corrected chi connectivity index (χ1v) is 8.92. The van der Waals surface area contributed by atoms with Crippen molar-refractivity contribution in [3.8, 4) is 17.1 Å². The highest BCUT2D eigenvalue weighted by Gasteiger charge is 2.20. The van der Waals surface area contributed by atoms with Gasteiger partial charge in [-0.05, 0) is 17.7 Å². The predicted octanol–water partition coefficient (Wildman–Crippen LogP) is 3.91. The molecule has 0 saturated carbocycles. The van der Waals surface area contributed by atoms with E-state index in [1.165, 1.54) is 6.26 Å². The van der Waals surface area contributed by atoms with E-state index in [-0.39, 0.29) is 13.0 Å². The van der Waals surface area contributed by atoms with E-state index in [1.54, 1.807) is 30.3 Å². The van der Waals surface area contributed by atoms with Crippen LogP contribution in [0.25, 0.3) is 11.4 Å². The van der Waals surface area contributed by atoms with Crippen LogP contribution >= 0.6 is 0 Å². The first kappa shape index (κ1) is 18.4. The molecule has 0 spiro atoms. The Morgan fingerprint density at radius 1 is 1.03 bits per heavy atom. The number of carboxylic acid groups (broad SMARTS) is 1. The monoisotopic (exact) mass is 391 g/mol. The molecule has 146 valence electrons. The summed E-state index contributed by atoms with van der Waals surface area (Å²) in [5.74, 6) is 0.152. The fraction of sp³-hybridized carbons (Fsp3) is 0.143. The van der Waals surface area contributed by atoms with Crippen LogP contribution < -0.4 is 4.74 Å². The van der Waals surface area contributed by atoms with Gasteiger partial charge in [-0.2, -0.15) is 4.98 Å². The van der Waals surface area contributed by atoms with Crippen LogP contribution in [0.1, 0.15) is 29.5 Å². The number of hydrogen-bond acceptors (Lipinski definition) is 7. The second-order valence-corrected chi connectivity index (χ2v) is 6.31. The van der Waals surface area contributed by atoms with Crippen molar-refractivity contribution >= 4 is 5.97 Å². The summed E-state index contributed by atoms with van der Waals surface area (Å²) in [6.45, 7) is 0.126. The molecule has 1 atom stereocenters. The Morgan fingerprint density at radius 2 is 1.83 bits per heavy atom. The lowest BCUT2D eigenvalue weighted by Crippen LogP contribution is -2.08. The predicted molar refractivity (Wildman–Crippen MR) is 101 cm³/mol. The fourth-order valence-corrected chi connectivity index (χ4v) is 2.93. The van der Waals surface area contributed by atoms with Gasteiger partial charge in [-0.1, -0.05) is 52.8 Å². The molecule has 0 amide bonds. The number of carboxylic acids is 1. The Kier molecular flexibility index (Phi) is 5.33. The maximum atomic E-state index is 11.2. The highest BCUT2D eigenvalue weighted by atomic mass is 16.5. The van der Waals surface area contributed by atoms with Gasteiger partial charge < -0.3 is 18.9 Å². The second kappa shape index (κ2) is 8.39. The molecule has 0 aliphatic rings. The van der Waals surface area contributed by atoms with E-state index in [1.807, 2.05) is 30.3 Å². The quantitative estimate of drug-likeness (QED) is 0.481. The number of rotatable bonds is 8. The normalized spacial score (nSPS) is 11.9. The van der Waals surface area contributed by atoms with Gasteiger partial charge >= 0.3 is 5.97 Å². The summed E-state index contributed by atoms with van der Waals surface area (Å²) in [6, 6.07) is 18.3. The molecule has 2 aromatic carbocycles. The molecule has 0 fully saturated rings. The third kappa shape index (κ3) is 4.49. The minimum Gasteiger partial charge on any atom is -0.484 e. The maximum Gasteiger partial charge on any atom is 0.304 e. The molecule has 8 nitrogen and oxygen atoms in total. The number of ether oxygens (including phenoxy) is 1. The highest BCUT2D eigenvalue weighted by molar-refractivity contribution is 5.68. The van der Waals surface area contributed by atoms with Crippen molar-refractivity contribution in [2.45, 2.75) is 18.9 Å². The highest BCUT2D eigenvalue weighted by Crippen LogP contribution is 2.28. The molecule has 0 radical (unpaired) electrons. The summed E-state index contributed by atoms with van der Waals surface area (Å²) in [5.41, 5.74) is 2.24. The van der Waals surface area contributed by atoms with E-state index in [9.17, 15) is 9.90 Å². The topological polar surface area (TPSA) is 111 Å². The molecule has 0 aliphatic carbocycles. The average molecular weight is 391 g/mol. The van der Waals surface area contributed by atoms with Gasteiger partial charge in [-0.25, -0.2) is 0 Å². The third-order valence-corrected chi connectivity index (χ3v) is 4.34. The Balaban J connectivity index is 1.42. The lowest BCUT2D eigenvalue weighted by Gasteiger charge is -2.13. The summed E-state index contributed by atoms with van der Waals surface area (Å²) >= 11 is 0. The van der Waals surface area contributed by atoms with Crippen LogP contribution in [0.5, 0.6) is 5.75 Å². The molecule has 2 aromatic heterocycles. The van der Waals surface area contributed by atoms with Crippen molar-refractivity contribution in [2.75, 3.05) is 0 Å². The van der Waals surface area contributed by atoms with Crippen LogP contribution in [0, 0.1) is 0 Å². The lowest BCUT2D eigenvalue weighted by atomic mass is 9.92. The summed E-state index contributed by atoms with van der Waals surface area (Å²) in [6.07, 6.45) is 1.34.